The Morgan fingerprint density at radius 1 is 1.14 bits per heavy atom. The number of rotatable bonds is 7. The van der Waals surface area contributed by atoms with Gasteiger partial charge in [-0.05, 0) is 39.0 Å². The molecule has 0 radical (unpaired) electrons. The van der Waals surface area contributed by atoms with E-state index in [4.69, 9.17) is 5.73 Å². The fraction of sp³-hybridized carbons (Fsp3) is 0.467. The van der Waals surface area contributed by atoms with Crippen LogP contribution in [0, 0.1) is 0 Å². The first kappa shape index (κ1) is 16.8. The molecule has 0 atom stereocenters. The third-order valence-electron chi connectivity index (χ3n) is 3.03. The second-order valence-electron chi connectivity index (χ2n) is 4.60. The van der Waals surface area contributed by atoms with Gasteiger partial charge in [0.25, 0.3) is 5.91 Å². The third-order valence-corrected chi connectivity index (χ3v) is 3.03. The topological polar surface area (TPSA) is 87.5 Å². The molecule has 116 valence electrons. The fourth-order valence-electron chi connectivity index (χ4n) is 2.05. The van der Waals surface area contributed by atoms with Gasteiger partial charge in [0, 0.05) is 25.3 Å². The predicted octanol–water partition coefficient (Wildman–Crippen LogP) is 0.981. The summed E-state index contributed by atoms with van der Waals surface area (Å²) in [4.78, 5) is 25.8. The summed E-state index contributed by atoms with van der Waals surface area (Å²) in [7, 11) is 0. The molecule has 0 saturated heterocycles. The Morgan fingerprint density at radius 3 is 2.38 bits per heavy atom. The summed E-state index contributed by atoms with van der Waals surface area (Å²) in [5, 5.41) is 5.53. The molecule has 0 aromatic heterocycles. The summed E-state index contributed by atoms with van der Waals surface area (Å²) in [6.07, 6.45) is 0. The van der Waals surface area contributed by atoms with Crippen LogP contribution < -0.4 is 21.3 Å². The minimum absolute atomic E-state index is 0.0800. The number of amides is 2. The van der Waals surface area contributed by atoms with Crippen molar-refractivity contribution >= 4 is 23.2 Å². The molecular weight excluding hydrogens is 268 g/mol. The summed E-state index contributed by atoms with van der Waals surface area (Å²) >= 11 is 0. The Hall–Kier alpha value is -2.24. The number of nitrogen functional groups attached to an aromatic ring is 1. The molecule has 1 rings (SSSR count). The van der Waals surface area contributed by atoms with E-state index in [0.717, 1.165) is 0 Å². The average Bonchev–Trinajstić information content (AvgIpc) is 2.45. The smallest absolute Gasteiger partial charge is 0.253 e. The van der Waals surface area contributed by atoms with Gasteiger partial charge < -0.3 is 21.3 Å². The SMILES string of the molecule is CCNC(=O)CN(CC)c1cc(N)ccc1C(=O)NCC. The number of hydrogen-bond donors (Lipinski definition) is 3. The van der Waals surface area contributed by atoms with E-state index in [2.05, 4.69) is 10.6 Å². The van der Waals surface area contributed by atoms with E-state index in [-0.39, 0.29) is 18.4 Å². The maximum atomic E-state index is 12.1. The highest BCUT2D eigenvalue weighted by atomic mass is 16.2. The number of benzene rings is 1. The number of hydrogen-bond acceptors (Lipinski definition) is 4. The predicted molar refractivity (Wildman–Crippen MR) is 85.4 cm³/mol. The van der Waals surface area contributed by atoms with Crippen LogP contribution in [-0.2, 0) is 4.79 Å². The monoisotopic (exact) mass is 292 g/mol. The molecule has 0 aliphatic heterocycles. The van der Waals surface area contributed by atoms with E-state index in [1.165, 1.54) is 0 Å². The number of nitrogens with zero attached hydrogens (tertiary/aromatic N) is 1. The molecule has 0 aliphatic rings. The van der Waals surface area contributed by atoms with Crippen molar-refractivity contribution in [2.45, 2.75) is 20.8 Å². The molecule has 0 aliphatic carbocycles. The maximum absolute atomic E-state index is 12.1. The molecular formula is C15H24N4O2. The molecule has 0 unspecified atom stereocenters. The Balaban J connectivity index is 3.08. The van der Waals surface area contributed by atoms with Crippen LogP contribution in [0.1, 0.15) is 31.1 Å². The number of nitrogens with one attached hydrogen (secondary N) is 2. The zero-order valence-electron chi connectivity index (χ0n) is 12.9. The molecule has 2 amide bonds. The van der Waals surface area contributed by atoms with Gasteiger partial charge in [0.05, 0.1) is 17.8 Å². The first-order valence-electron chi connectivity index (χ1n) is 7.22. The zero-order valence-corrected chi connectivity index (χ0v) is 12.9. The van der Waals surface area contributed by atoms with E-state index >= 15 is 0 Å². The molecule has 1 aromatic carbocycles. The zero-order chi connectivity index (χ0) is 15.8. The van der Waals surface area contributed by atoms with Gasteiger partial charge in [0.1, 0.15) is 0 Å². The lowest BCUT2D eigenvalue weighted by molar-refractivity contribution is -0.119. The van der Waals surface area contributed by atoms with Gasteiger partial charge in [-0.2, -0.15) is 0 Å². The highest BCUT2D eigenvalue weighted by Gasteiger charge is 2.17. The molecule has 4 N–H and O–H groups in total. The lowest BCUT2D eigenvalue weighted by Crippen LogP contribution is -2.38. The molecule has 6 nitrogen and oxygen atoms in total. The summed E-state index contributed by atoms with van der Waals surface area (Å²) < 4.78 is 0. The quantitative estimate of drug-likeness (QED) is 0.654. The van der Waals surface area contributed by atoms with Crippen LogP contribution in [0.4, 0.5) is 11.4 Å². The molecule has 0 bridgehead atoms. The van der Waals surface area contributed by atoms with Gasteiger partial charge in [-0.15, -0.1) is 0 Å². The fourth-order valence-corrected chi connectivity index (χ4v) is 2.05. The van der Waals surface area contributed by atoms with Crippen LogP contribution in [0.2, 0.25) is 0 Å². The van der Waals surface area contributed by atoms with E-state index in [1.807, 2.05) is 25.7 Å². The molecule has 0 saturated carbocycles. The van der Waals surface area contributed by atoms with Crippen molar-refractivity contribution < 1.29 is 9.59 Å². The van der Waals surface area contributed by atoms with Crippen LogP contribution in [0.15, 0.2) is 18.2 Å². The van der Waals surface area contributed by atoms with Crippen molar-refractivity contribution in [2.24, 2.45) is 0 Å². The van der Waals surface area contributed by atoms with Gasteiger partial charge in [0.15, 0.2) is 0 Å². The van der Waals surface area contributed by atoms with Gasteiger partial charge in [-0.25, -0.2) is 0 Å². The molecule has 1 aromatic rings. The number of nitrogens with two attached hydrogens (primary N) is 1. The Kier molecular flexibility index (Phi) is 6.52. The summed E-state index contributed by atoms with van der Waals surface area (Å²) in [6, 6.07) is 5.11. The highest BCUT2D eigenvalue weighted by Crippen LogP contribution is 2.23. The standard InChI is InChI=1S/C15H24N4O2/c1-4-17-14(20)10-19(6-3)13-9-11(16)7-8-12(13)15(21)18-5-2/h7-9H,4-6,10,16H2,1-3H3,(H,17,20)(H,18,21). The van der Waals surface area contributed by atoms with Crippen LogP contribution in [0.5, 0.6) is 0 Å². The summed E-state index contributed by atoms with van der Waals surface area (Å²) in [6.45, 7) is 7.59. The summed E-state index contributed by atoms with van der Waals surface area (Å²) in [5.74, 6) is -0.245. The van der Waals surface area contributed by atoms with Crippen LogP contribution in [-0.4, -0.2) is 38.0 Å². The molecule has 0 fully saturated rings. The number of likely N-dealkylation sites (N-methyl/N-ethyl adjacent to an activating group) is 2. The summed E-state index contributed by atoms with van der Waals surface area (Å²) in [5.41, 5.74) is 7.59. The third kappa shape index (κ3) is 4.66. The van der Waals surface area contributed by atoms with Gasteiger partial charge in [0.2, 0.25) is 5.91 Å². The lowest BCUT2D eigenvalue weighted by Gasteiger charge is -2.25. The van der Waals surface area contributed by atoms with E-state index in [0.29, 0.717) is 36.6 Å². The first-order valence-corrected chi connectivity index (χ1v) is 7.22. The second kappa shape index (κ2) is 8.14. The van der Waals surface area contributed by atoms with Crippen LogP contribution in [0.25, 0.3) is 0 Å². The van der Waals surface area contributed by atoms with Crippen molar-refractivity contribution in [3.05, 3.63) is 23.8 Å². The normalized spacial score (nSPS) is 10.0. The van der Waals surface area contributed by atoms with Gasteiger partial charge >= 0.3 is 0 Å². The Labute approximate surface area is 125 Å². The van der Waals surface area contributed by atoms with E-state index in [1.54, 1.807) is 18.2 Å². The van der Waals surface area contributed by atoms with Gasteiger partial charge in [-0.3, -0.25) is 9.59 Å². The van der Waals surface area contributed by atoms with E-state index in [9.17, 15) is 9.59 Å². The maximum Gasteiger partial charge on any atom is 0.253 e. The van der Waals surface area contributed by atoms with Crippen molar-refractivity contribution in [3.8, 4) is 0 Å². The minimum atomic E-state index is -0.165. The number of carbonyl (C=O) groups excluding carboxylic acids is 2. The van der Waals surface area contributed by atoms with E-state index < -0.39 is 0 Å². The molecule has 0 heterocycles. The largest absolute Gasteiger partial charge is 0.399 e. The van der Waals surface area contributed by atoms with Crippen molar-refractivity contribution in [1.29, 1.82) is 0 Å². The molecule has 21 heavy (non-hydrogen) atoms. The van der Waals surface area contributed by atoms with Gasteiger partial charge in [-0.1, -0.05) is 0 Å². The van der Waals surface area contributed by atoms with Crippen LogP contribution in [0.3, 0.4) is 0 Å². The van der Waals surface area contributed by atoms with Crippen molar-refractivity contribution in [1.82, 2.24) is 10.6 Å². The first-order chi connectivity index (χ1) is 10.0. The second-order valence-corrected chi connectivity index (χ2v) is 4.60. The van der Waals surface area contributed by atoms with Crippen molar-refractivity contribution in [3.63, 3.8) is 0 Å². The lowest BCUT2D eigenvalue weighted by atomic mass is 10.1. The molecule has 6 heteroatoms. The Morgan fingerprint density at radius 2 is 1.81 bits per heavy atom. The van der Waals surface area contributed by atoms with Crippen LogP contribution >= 0.6 is 0 Å². The minimum Gasteiger partial charge on any atom is -0.399 e. The number of anilines is 2. The van der Waals surface area contributed by atoms with Crippen molar-refractivity contribution in [2.75, 3.05) is 36.8 Å². The molecule has 0 spiro atoms. The highest BCUT2D eigenvalue weighted by molar-refractivity contribution is 6.01. The number of carbonyl (C=O) groups is 2. The Bertz CT molecular complexity index is 502. The average molecular weight is 292 g/mol.